The second kappa shape index (κ2) is 9.06. The third-order valence-electron chi connectivity index (χ3n) is 5.95. The Labute approximate surface area is 181 Å². The van der Waals surface area contributed by atoms with E-state index in [1.807, 2.05) is 30.3 Å². The Hall–Kier alpha value is -2.93. The van der Waals surface area contributed by atoms with Crippen LogP contribution in [0.4, 0.5) is 8.78 Å². The highest BCUT2D eigenvalue weighted by Crippen LogP contribution is 2.30. The highest BCUT2D eigenvalue weighted by Gasteiger charge is 2.28. The summed E-state index contributed by atoms with van der Waals surface area (Å²) in [5.41, 5.74) is 2.05. The van der Waals surface area contributed by atoms with Gasteiger partial charge in [-0.05, 0) is 25.6 Å². The van der Waals surface area contributed by atoms with E-state index in [-0.39, 0.29) is 18.3 Å². The Balaban J connectivity index is 1.86. The molecule has 0 bridgehead atoms. The Bertz CT molecular complexity index is 1090. The molecule has 162 valence electrons. The average molecular weight is 424 g/mol. The van der Waals surface area contributed by atoms with E-state index in [9.17, 15) is 4.39 Å². The molecule has 4 rings (SSSR count). The van der Waals surface area contributed by atoms with Gasteiger partial charge < -0.3 is 4.90 Å². The van der Waals surface area contributed by atoms with Gasteiger partial charge in [0.2, 0.25) is 0 Å². The molecular formula is C24H27F2N5. The number of halogens is 2. The molecule has 31 heavy (non-hydrogen) atoms. The van der Waals surface area contributed by atoms with Crippen molar-refractivity contribution in [3.8, 4) is 5.69 Å². The van der Waals surface area contributed by atoms with E-state index in [2.05, 4.69) is 40.9 Å². The van der Waals surface area contributed by atoms with Crippen molar-refractivity contribution in [1.29, 1.82) is 0 Å². The van der Waals surface area contributed by atoms with E-state index in [1.165, 1.54) is 6.07 Å². The van der Waals surface area contributed by atoms with Crippen LogP contribution in [0.5, 0.6) is 0 Å². The molecule has 2 heterocycles. The maximum atomic E-state index is 15.3. The number of rotatable bonds is 7. The highest BCUT2D eigenvalue weighted by molar-refractivity contribution is 6.15. The van der Waals surface area contributed by atoms with Gasteiger partial charge in [0.1, 0.15) is 18.2 Å². The lowest BCUT2D eigenvalue weighted by Crippen LogP contribution is -2.36. The fraction of sp³-hybridized carbons (Fsp3) is 0.375. The second-order valence-corrected chi connectivity index (χ2v) is 7.67. The lowest BCUT2D eigenvalue weighted by atomic mass is 9.99. The topological polar surface area (TPSA) is 46.3 Å². The van der Waals surface area contributed by atoms with Gasteiger partial charge in [-0.1, -0.05) is 51.1 Å². The van der Waals surface area contributed by atoms with Crippen LogP contribution in [-0.2, 0) is 13.0 Å². The number of benzene rings is 2. The summed E-state index contributed by atoms with van der Waals surface area (Å²) in [5.74, 6) is -0.0432. The van der Waals surface area contributed by atoms with Crippen LogP contribution >= 0.6 is 0 Å². The number of likely N-dealkylation sites (N-methyl/N-ethyl adjacent to an activating group) is 1. The van der Waals surface area contributed by atoms with Crippen LogP contribution in [0, 0.1) is 11.6 Å². The fourth-order valence-corrected chi connectivity index (χ4v) is 4.38. The predicted octanol–water partition coefficient (Wildman–Crippen LogP) is 4.56. The smallest absolute Gasteiger partial charge is 0.159 e. The summed E-state index contributed by atoms with van der Waals surface area (Å²) in [4.78, 5) is 7.06. The summed E-state index contributed by atoms with van der Waals surface area (Å²) in [6.45, 7) is 8.50. The summed E-state index contributed by atoms with van der Waals surface area (Å²) in [6, 6.07) is 12.0. The van der Waals surface area contributed by atoms with Crippen LogP contribution in [0.15, 0.2) is 47.5 Å². The number of hydrogen-bond acceptors (Lipinski definition) is 4. The highest BCUT2D eigenvalue weighted by atomic mass is 19.1. The third-order valence-corrected chi connectivity index (χ3v) is 5.95. The lowest BCUT2D eigenvalue weighted by Gasteiger charge is -2.28. The number of hydrogen-bond donors (Lipinski definition) is 0. The first-order chi connectivity index (χ1) is 15.1. The monoisotopic (exact) mass is 423 g/mol. The van der Waals surface area contributed by atoms with E-state index in [4.69, 9.17) is 0 Å². The number of aromatic nitrogens is 3. The molecule has 5 nitrogen and oxygen atoms in total. The molecule has 3 aromatic rings. The van der Waals surface area contributed by atoms with Crippen molar-refractivity contribution >= 4 is 5.71 Å². The molecule has 2 aromatic carbocycles. The largest absolute Gasteiger partial charge is 0.300 e. The first-order valence-corrected chi connectivity index (χ1v) is 10.8. The van der Waals surface area contributed by atoms with Crippen molar-refractivity contribution in [1.82, 2.24) is 19.7 Å². The fourth-order valence-electron chi connectivity index (χ4n) is 4.38. The third kappa shape index (κ3) is 4.02. The molecule has 0 aliphatic carbocycles. The van der Waals surface area contributed by atoms with Gasteiger partial charge in [0.05, 0.1) is 11.4 Å². The molecule has 0 saturated carbocycles. The zero-order valence-electron chi connectivity index (χ0n) is 18.1. The van der Waals surface area contributed by atoms with Gasteiger partial charge in [0.15, 0.2) is 11.6 Å². The Morgan fingerprint density at radius 1 is 1.03 bits per heavy atom. The quantitative estimate of drug-likeness (QED) is 0.560. The van der Waals surface area contributed by atoms with Gasteiger partial charge in [0, 0.05) is 29.7 Å². The van der Waals surface area contributed by atoms with Gasteiger partial charge in [-0.25, -0.2) is 8.78 Å². The molecule has 7 heteroatoms. The Morgan fingerprint density at radius 2 is 1.77 bits per heavy atom. The Morgan fingerprint density at radius 3 is 2.45 bits per heavy atom. The standard InChI is InChI=1S/C24H27F2N5/c1-4-18(30(5-2)6-3)14-21-28-29-22-15-27-23(16-10-8-7-9-11-16)19-12-17(25)13-20(26)24(19)31(21)22/h7-13,18H,4-6,14-15H2,1-3H3. The predicted molar refractivity (Wildman–Crippen MR) is 118 cm³/mol. The van der Waals surface area contributed by atoms with Crippen molar-refractivity contribution < 1.29 is 8.78 Å². The van der Waals surface area contributed by atoms with Crippen LogP contribution in [0.1, 0.15) is 50.0 Å². The van der Waals surface area contributed by atoms with E-state index < -0.39 is 11.6 Å². The SMILES string of the molecule is CCC(Cc1nnc2n1-c1c(F)cc(F)cc1C(c1ccccc1)=NC2)N(CC)CC. The molecular weight excluding hydrogens is 396 g/mol. The summed E-state index contributed by atoms with van der Waals surface area (Å²) >= 11 is 0. The van der Waals surface area contributed by atoms with Gasteiger partial charge >= 0.3 is 0 Å². The molecule has 1 atom stereocenters. The molecule has 0 radical (unpaired) electrons. The molecule has 0 saturated heterocycles. The normalized spacial score (nSPS) is 14.1. The second-order valence-electron chi connectivity index (χ2n) is 7.67. The van der Waals surface area contributed by atoms with E-state index in [0.29, 0.717) is 29.3 Å². The average Bonchev–Trinajstić information content (AvgIpc) is 3.08. The lowest BCUT2D eigenvalue weighted by molar-refractivity contribution is 0.207. The van der Waals surface area contributed by atoms with Crippen molar-refractivity contribution in [2.24, 2.45) is 4.99 Å². The van der Waals surface area contributed by atoms with Gasteiger partial charge in [0.25, 0.3) is 0 Å². The summed E-state index contributed by atoms with van der Waals surface area (Å²) in [7, 11) is 0. The van der Waals surface area contributed by atoms with Crippen molar-refractivity contribution in [2.75, 3.05) is 13.1 Å². The van der Waals surface area contributed by atoms with E-state index >= 15 is 4.39 Å². The zero-order chi connectivity index (χ0) is 22.0. The minimum Gasteiger partial charge on any atom is -0.300 e. The number of aliphatic imine (C=N–C) groups is 1. The first-order valence-electron chi connectivity index (χ1n) is 10.8. The van der Waals surface area contributed by atoms with Gasteiger partial charge in [-0.3, -0.25) is 9.56 Å². The van der Waals surface area contributed by atoms with Crippen molar-refractivity contribution in [3.05, 3.63) is 76.9 Å². The maximum Gasteiger partial charge on any atom is 0.159 e. The number of nitrogens with zero attached hydrogens (tertiary/aromatic N) is 5. The minimum atomic E-state index is -0.640. The van der Waals surface area contributed by atoms with Crippen LogP contribution in [0.25, 0.3) is 5.69 Å². The maximum absolute atomic E-state index is 15.3. The minimum absolute atomic E-state index is 0.245. The summed E-state index contributed by atoms with van der Waals surface area (Å²) in [6.07, 6.45) is 1.57. The molecule has 0 fully saturated rings. The molecule has 1 aromatic heterocycles. The Kier molecular flexibility index (Phi) is 6.23. The molecule has 1 unspecified atom stereocenters. The molecule has 1 aliphatic heterocycles. The zero-order valence-corrected chi connectivity index (χ0v) is 18.1. The van der Waals surface area contributed by atoms with E-state index in [0.717, 1.165) is 31.1 Å². The first kappa shape index (κ1) is 21.3. The van der Waals surface area contributed by atoms with Crippen molar-refractivity contribution in [2.45, 2.75) is 46.2 Å². The van der Waals surface area contributed by atoms with Crippen molar-refractivity contribution in [3.63, 3.8) is 0 Å². The van der Waals surface area contributed by atoms with E-state index in [1.54, 1.807) is 4.57 Å². The van der Waals surface area contributed by atoms with Crippen LogP contribution in [0.3, 0.4) is 0 Å². The summed E-state index contributed by atoms with van der Waals surface area (Å²) in [5, 5.41) is 8.73. The molecule has 0 amide bonds. The van der Waals surface area contributed by atoms with Crippen LogP contribution in [0.2, 0.25) is 0 Å². The van der Waals surface area contributed by atoms with Crippen LogP contribution < -0.4 is 0 Å². The van der Waals surface area contributed by atoms with Gasteiger partial charge in [-0.2, -0.15) is 0 Å². The summed E-state index contributed by atoms with van der Waals surface area (Å²) < 4.78 is 31.3. The molecule has 1 aliphatic rings. The molecule has 0 spiro atoms. The van der Waals surface area contributed by atoms with Crippen LogP contribution in [-0.4, -0.2) is 44.5 Å². The van der Waals surface area contributed by atoms with Gasteiger partial charge in [-0.15, -0.1) is 10.2 Å². The number of fused-ring (bicyclic) bond motifs is 3. The molecule has 0 N–H and O–H groups in total.